The maximum atomic E-state index is 13.0. The van der Waals surface area contributed by atoms with E-state index in [4.69, 9.17) is 25.8 Å². The van der Waals surface area contributed by atoms with Crippen LogP contribution in [0, 0.1) is 6.92 Å². The number of amides is 2. The number of thiophene rings is 1. The van der Waals surface area contributed by atoms with Gasteiger partial charge in [0, 0.05) is 18.1 Å². The Morgan fingerprint density at radius 1 is 1.19 bits per heavy atom. The van der Waals surface area contributed by atoms with Gasteiger partial charge in [0.1, 0.15) is 10.8 Å². The zero-order valence-corrected chi connectivity index (χ0v) is 18.8. The molecule has 31 heavy (non-hydrogen) atoms. The van der Waals surface area contributed by atoms with E-state index in [0.717, 1.165) is 11.3 Å². The van der Waals surface area contributed by atoms with Gasteiger partial charge < -0.3 is 24.4 Å². The van der Waals surface area contributed by atoms with Crippen LogP contribution in [0.15, 0.2) is 24.3 Å². The van der Waals surface area contributed by atoms with E-state index in [-0.39, 0.29) is 29.7 Å². The number of anilines is 1. The maximum absolute atomic E-state index is 13.0. The fraction of sp³-hybridized carbons (Fsp3) is 0.381. The summed E-state index contributed by atoms with van der Waals surface area (Å²) < 4.78 is 15.9. The molecule has 1 N–H and O–H groups in total. The van der Waals surface area contributed by atoms with E-state index in [1.165, 1.54) is 0 Å². The second-order valence-corrected chi connectivity index (χ2v) is 8.13. The summed E-state index contributed by atoms with van der Waals surface area (Å²) in [6, 6.07) is 6.60. The van der Waals surface area contributed by atoms with Crippen LogP contribution in [0.25, 0.3) is 0 Å². The van der Waals surface area contributed by atoms with Crippen LogP contribution in [-0.4, -0.2) is 62.2 Å². The van der Waals surface area contributed by atoms with Crippen LogP contribution in [0.5, 0.6) is 5.75 Å². The van der Waals surface area contributed by atoms with Crippen LogP contribution in [0.4, 0.5) is 5.00 Å². The first-order valence-corrected chi connectivity index (χ1v) is 11.0. The van der Waals surface area contributed by atoms with Gasteiger partial charge in [-0.05, 0) is 43.7 Å². The first kappa shape index (κ1) is 23.1. The number of carbonyl (C=O) groups is 3. The lowest BCUT2D eigenvalue weighted by Crippen LogP contribution is -2.40. The summed E-state index contributed by atoms with van der Waals surface area (Å²) in [4.78, 5) is 40.0. The van der Waals surface area contributed by atoms with Gasteiger partial charge in [0.05, 0.1) is 30.3 Å². The normalized spacial score (nSPS) is 13.6. The average molecular weight is 467 g/mol. The molecule has 3 rings (SSSR count). The van der Waals surface area contributed by atoms with Crippen molar-refractivity contribution in [3.8, 4) is 5.75 Å². The van der Waals surface area contributed by atoms with Gasteiger partial charge in [-0.25, -0.2) is 4.79 Å². The van der Waals surface area contributed by atoms with Crippen molar-refractivity contribution in [3.05, 3.63) is 45.3 Å². The molecule has 0 radical (unpaired) electrons. The molecule has 0 bridgehead atoms. The van der Waals surface area contributed by atoms with E-state index in [1.807, 2.05) is 0 Å². The minimum Gasteiger partial charge on any atom is -0.484 e. The van der Waals surface area contributed by atoms with Crippen LogP contribution in [-0.2, 0) is 14.3 Å². The fourth-order valence-corrected chi connectivity index (χ4v) is 4.31. The summed E-state index contributed by atoms with van der Waals surface area (Å²) >= 11 is 6.89. The minimum absolute atomic E-state index is 0.175. The highest BCUT2D eigenvalue weighted by atomic mass is 35.5. The number of halogens is 1. The first-order chi connectivity index (χ1) is 14.9. The van der Waals surface area contributed by atoms with Crippen molar-refractivity contribution in [1.29, 1.82) is 0 Å². The third-order valence-corrected chi connectivity index (χ3v) is 6.00. The molecule has 1 saturated heterocycles. The van der Waals surface area contributed by atoms with Gasteiger partial charge in [0.2, 0.25) is 0 Å². The lowest BCUT2D eigenvalue weighted by Gasteiger charge is -2.26. The van der Waals surface area contributed by atoms with Gasteiger partial charge in [0.25, 0.3) is 11.8 Å². The van der Waals surface area contributed by atoms with Crippen LogP contribution in [0.2, 0.25) is 5.02 Å². The number of esters is 1. The van der Waals surface area contributed by atoms with E-state index in [0.29, 0.717) is 47.5 Å². The Morgan fingerprint density at radius 2 is 1.87 bits per heavy atom. The Morgan fingerprint density at radius 3 is 2.52 bits per heavy atom. The second-order valence-electron chi connectivity index (χ2n) is 6.68. The molecule has 1 aliphatic heterocycles. The Labute approximate surface area is 189 Å². The summed E-state index contributed by atoms with van der Waals surface area (Å²) in [5.41, 5.74) is 0.664. The largest absolute Gasteiger partial charge is 0.484 e. The Bertz CT molecular complexity index is 954. The van der Waals surface area contributed by atoms with Crippen molar-refractivity contribution in [3.63, 3.8) is 0 Å². The van der Waals surface area contributed by atoms with Crippen molar-refractivity contribution in [2.24, 2.45) is 0 Å². The number of hydrogen-bond donors (Lipinski definition) is 1. The van der Waals surface area contributed by atoms with Crippen molar-refractivity contribution in [2.45, 2.75) is 13.8 Å². The SMILES string of the molecule is CCOC(=O)c1c(NC(=O)COc2ccc(Cl)cc2)sc(C(=O)N2CCOCC2)c1C. The van der Waals surface area contributed by atoms with Gasteiger partial charge in [-0.1, -0.05) is 11.6 Å². The fourth-order valence-electron chi connectivity index (χ4n) is 3.01. The predicted molar refractivity (Wildman–Crippen MR) is 117 cm³/mol. The van der Waals surface area contributed by atoms with Crippen molar-refractivity contribution in [1.82, 2.24) is 4.90 Å². The molecule has 8 nitrogen and oxygen atoms in total. The summed E-state index contributed by atoms with van der Waals surface area (Å²) in [5, 5.41) is 3.50. The number of morpholine rings is 1. The van der Waals surface area contributed by atoms with Crippen LogP contribution >= 0.6 is 22.9 Å². The van der Waals surface area contributed by atoms with Crippen LogP contribution in [0.1, 0.15) is 32.5 Å². The highest BCUT2D eigenvalue weighted by Crippen LogP contribution is 2.35. The molecular weight excluding hydrogens is 444 g/mol. The second kappa shape index (κ2) is 10.6. The van der Waals surface area contributed by atoms with Gasteiger partial charge >= 0.3 is 5.97 Å². The molecule has 10 heteroatoms. The quantitative estimate of drug-likeness (QED) is 0.629. The Hall–Kier alpha value is -2.62. The number of nitrogens with one attached hydrogen (secondary N) is 1. The molecule has 2 amide bonds. The molecule has 0 unspecified atom stereocenters. The molecule has 1 aromatic carbocycles. The number of rotatable bonds is 7. The minimum atomic E-state index is -0.591. The van der Waals surface area contributed by atoms with Gasteiger partial charge in [0.15, 0.2) is 6.61 Å². The predicted octanol–water partition coefficient (Wildman–Crippen LogP) is 3.38. The first-order valence-electron chi connectivity index (χ1n) is 9.76. The molecule has 1 aliphatic rings. The standard InChI is InChI=1S/C21H23ClN2O6S/c1-3-29-21(27)17-13(2)18(20(26)24-8-10-28-11-9-24)31-19(17)23-16(25)12-30-15-6-4-14(22)5-7-15/h4-7H,3,8-12H2,1-2H3,(H,23,25). The molecule has 0 aliphatic carbocycles. The van der Waals surface area contributed by atoms with Crippen LogP contribution < -0.4 is 10.1 Å². The average Bonchev–Trinajstić information content (AvgIpc) is 3.09. The summed E-state index contributed by atoms with van der Waals surface area (Å²) in [7, 11) is 0. The number of ether oxygens (including phenoxy) is 3. The lowest BCUT2D eigenvalue weighted by atomic mass is 10.1. The molecule has 166 valence electrons. The number of benzene rings is 1. The summed E-state index contributed by atoms with van der Waals surface area (Å²) in [5.74, 6) is -0.775. The number of carbonyl (C=O) groups excluding carboxylic acids is 3. The Balaban J connectivity index is 1.78. The maximum Gasteiger partial charge on any atom is 0.341 e. The molecular formula is C21H23ClN2O6S. The third-order valence-electron chi connectivity index (χ3n) is 4.56. The molecule has 0 atom stereocenters. The zero-order valence-electron chi connectivity index (χ0n) is 17.2. The molecule has 1 aromatic heterocycles. The van der Waals surface area contributed by atoms with Gasteiger partial charge in [-0.2, -0.15) is 0 Å². The van der Waals surface area contributed by atoms with Crippen molar-refractivity contribution < 1.29 is 28.6 Å². The molecule has 2 aromatic rings. The molecule has 2 heterocycles. The number of hydrogen-bond acceptors (Lipinski definition) is 7. The lowest BCUT2D eigenvalue weighted by molar-refractivity contribution is -0.118. The van der Waals surface area contributed by atoms with E-state index < -0.39 is 11.9 Å². The summed E-state index contributed by atoms with van der Waals surface area (Å²) in [6.45, 7) is 5.15. The van der Waals surface area contributed by atoms with Crippen molar-refractivity contribution >= 4 is 45.7 Å². The highest BCUT2D eigenvalue weighted by Gasteiger charge is 2.29. The van der Waals surface area contributed by atoms with E-state index in [2.05, 4.69) is 5.32 Å². The van der Waals surface area contributed by atoms with E-state index in [1.54, 1.807) is 43.0 Å². The monoisotopic (exact) mass is 466 g/mol. The van der Waals surface area contributed by atoms with E-state index >= 15 is 0 Å². The highest BCUT2D eigenvalue weighted by molar-refractivity contribution is 7.18. The number of nitrogens with zero attached hydrogens (tertiary/aromatic N) is 1. The summed E-state index contributed by atoms with van der Waals surface area (Å²) in [6.07, 6.45) is 0. The van der Waals surface area contributed by atoms with Crippen molar-refractivity contribution in [2.75, 3.05) is 44.8 Å². The third kappa shape index (κ3) is 5.75. The molecule has 0 spiro atoms. The zero-order chi connectivity index (χ0) is 22.4. The Kier molecular flexibility index (Phi) is 7.89. The van der Waals surface area contributed by atoms with Crippen LogP contribution in [0.3, 0.4) is 0 Å². The van der Waals surface area contributed by atoms with Gasteiger partial charge in [-0.3, -0.25) is 9.59 Å². The molecule has 1 fully saturated rings. The topological polar surface area (TPSA) is 94.2 Å². The molecule has 0 saturated carbocycles. The smallest absolute Gasteiger partial charge is 0.341 e. The van der Waals surface area contributed by atoms with Gasteiger partial charge in [-0.15, -0.1) is 11.3 Å². The van der Waals surface area contributed by atoms with E-state index in [9.17, 15) is 14.4 Å².